The maximum absolute atomic E-state index is 12.1. The van der Waals surface area contributed by atoms with Crippen LogP contribution in [0, 0.1) is 6.92 Å². The molecule has 1 amide bonds. The number of anilines is 1. The van der Waals surface area contributed by atoms with E-state index in [1.807, 2.05) is 17.9 Å². The SMILES string of the molecule is CCC(=O)N1CCN(c2ncnc3c2c(-c2ccccc2)cn3-c2cccc(C)c2)CC1. The maximum atomic E-state index is 12.1. The van der Waals surface area contributed by atoms with E-state index < -0.39 is 0 Å². The normalized spacial score (nSPS) is 14.2. The van der Waals surface area contributed by atoms with Gasteiger partial charge in [-0.1, -0.05) is 49.4 Å². The zero-order valence-corrected chi connectivity index (χ0v) is 18.5. The van der Waals surface area contributed by atoms with Gasteiger partial charge in [0, 0.05) is 50.0 Å². The number of carbonyl (C=O) groups excluding carboxylic acids is 1. The first kappa shape index (κ1) is 20.2. The number of aromatic nitrogens is 3. The van der Waals surface area contributed by atoms with Gasteiger partial charge in [-0.3, -0.25) is 4.79 Å². The molecule has 6 heteroatoms. The largest absolute Gasteiger partial charge is 0.352 e. The summed E-state index contributed by atoms with van der Waals surface area (Å²) in [5.74, 6) is 1.15. The average molecular weight is 426 g/mol. The lowest BCUT2D eigenvalue weighted by Crippen LogP contribution is -2.48. The second-order valence-electron chi connectivity index (χ2n) is 8.24. The number of piperazine rings is 1. The molecule has 32 heavy (non-hydrogen) atoms. The molecule has 6 nitrogen and oxygen atoms in total. The Morgan fingerprint density at radius 2 is 1.75 bits per heavy atom. The lowest BCUT2D eigenvalue weighted by Gasteiger charge is -2.35. The Morgan fingerprint density at radius 3 is 2.47 bits per heavy atom. The highest BCUT2D eigenvalue weighted by Gasteiger charge is 2.25. The lowest BCUT2D eigenvalue weighted by molar-refractivity contribution is -0.131. The van der Waals surface area contributed by atoms with E-state index in [4.69, 9.17) is 9.97 Å². The Labute approximate surface area is 188 Å². The highest BCUT2D eigenvalue weighted by molar-refractivity contribution is 6.02. The summed E-state index contributed by atoms with van der Waals surface area (Å²) in [5.41, 5.74) is 5.44. The summed E-state index contributed by atoms with van der Waals surface area (Å²) in [5, 5.41) is 1.05. The number of amides is 1. The van der Waals surface area contributed by atoms with E-state index in [0.29, 0.717) is 6.42 Å². The van der Waals surface area contributed by atoms with Crippen LogP contribution in [0.15, 0.2) is 67.1 Å². The van der Waals surface area contributed by atoms with Crippen LogP contribution in [0.5, 0.6) is 0 Å². The van der Waals surface area contributed by atoms with Crippen LogP contribution < -0.4 is 4.90 Å². The molecule has 1 aliphatic rings. The van der Waals surface area contributed by atoms with Crippen LogP contribution >= 0.6 is 0 Å². The number of benzene rings is 2. The highest BCUT2D eigenvalue weighted by Crippen LogP contribution is 2.37. The average Bonchev–Trinajstić information content (AvgIpc) is 3.24. The maximum Gasteiger partial charge on any atom is 0.222 e. The Balaban J connectivity index is 1.64. The Hall–Kier alpha value is -3.67. The summed E-state index contributed by atoms with van der Waals surface area (Å²) >= 11 is 0. The van der Waals surface area contributed by atoms with Gasteiger partial charge in [-0.2, -0.15) is 0 Å². The van der Waals surface area contributed by atoms with Gasteiger partial charge in [0.05, 0.1) is 5.39 Å². The molecule has 1 fully saturated rings. The summed E-state index contributed by atoms with van der Waals surface area (Å²) in [6.45, 7) is 6.99. The molecule has 2 aromatic carbocycles. The third-order valence-corrected chi connectivity index (χ3v) is 6.16. The van der Waals surface area contributed by atoms with Crippen molar-refractivity contribution in [3.8, 4) is 16.8 Å². The van der Waals surface area contributed by atoms with Crippen LogP contribution in [0.25, 0.3) is 27.8 Å². The van der Waals surface area contributed by atoms with E-state index in [1.54, 1.807) is 6.33 Å². The van der Waals surface area contributed by atoms with Gasteiger partial charge >= 0.3 is 0 Å². The minimum atomic E-state index is 0.216. The van der Waals surface area contributed by atoms with Crippen molar-refractivity contribution in [3.63, 3.8) is 0 Å². The van der Waals surface area contributed by atoms with E-state index in [0.717, 1.165) is 59.8 Å². The van der Waals surface area contributed by atoms with Crippen molar-refractivity contribution >= 4 is 22.8 Å². The number of hydrogen-bond donors (Lipinski definition) is 0. The van der Waals surface area contributed by atoms with Crippen LogP contribution in [0.4, 0.5) is 5.82 Å². The predicted octanol–water partition coefficient (Wildman–Crippen LogP) is 4.45. The number of hydrogen-bond acceptors (Lipinski definition) is 4. The quantitative estimate of drug-likeness (QED) is 0.485. The molecule has 1 saturated heterocycles. The number of aryl methyl sites for hydroxylation is 1. The molecule has 0 N–H and O–H groups in total. The molecular formula is C26H27N5O. The van der Waals surface area contributed by atoms with E-state index >= 15 is 0 Å². The first-order valence-corrected chi connectivity index (χ1v) is 11.2. The van der Waals surface area contributed by atoms with Gasteiger partial charge in [0.2, 0.25) is 5.91 Å². The molecule has 5 rings (SSSR count). The fraction of sp³-hybridized carbons (Fsp3) is 0.269. The standard InChI is InChI=1S/C26H27N5O/c1-3-23(32)29-12-14-30(15-13-29)25-24-22(20-9-5-4-6-10-20)17-31(26(24)28-18-27-25)21-11-7-8-19(2)16-21/h4-11,16-18H,3,12-15H2,1-2H3. The third kappa shape index (κ3) is 3.62. The zero-order valence-electron chi connectivity index (χ0n) is 18.5. The fourth-order valence-electron chi connectivity index (χ4n) is 4.49. The van der Waals surface area contributed by atoms with Crippen LogP contribution in [-0.2, 0) is 4.79 Å². The molecular weight excluding hydrogens is 398 g/mol. The highest BCUT2D eigenvalue weighted by atomic mass is 16.2. The summed E-state index contributed by atoms with van der Waals surface area (Å²) in [4.78, 5) is 25.8. The molecule has 0 atom stereocenters. The van der Waals surface area contributed by atoms with E-state index in [9.17, 15) is 4.79 Å². The molecule has 1 aliphatic heterocycles. The van der Waals surface area contributed by atoms with Crippen LogP contribution in [-0.4, -0.2) is 51.5 Å². The second-order valence-corrected chi connectivity index (χ2v) is 8.24. The van der Waals surface area contributed by atoms with E-state index in [1.165, 1.54) is 5.56 Å². The fourth-order valence-corrected chi connectivity index (χ4v) is 4.49. The van der Waals surface area contributed by atoms with Crippen molar-refractivity contribution in [2.24, 2.45) is 0 Å². The number of nitrogens with zero attached hydrogens (tertiary/aromatic N) is 5. The molecule has 3 heterocycles. The summed E-state index contributed by atoms with van der Waals surface area (Å²) < 4.78 is 2.16. The smallest absolute Gasteiger partial charge is 0.222 e. The Morgan fingerprint density at radius 1 is 0.969 bits per heavy atom. The number of rotatable bonds is 4. The number of fused-ring (bicyclic) bond motifs is 1. The van der Waals surface area contributed by atoms with Gasteiger partial charge in [0.1, 0.15) is 12.1 Å². The zero-order chi connectivity index (χ0) is 22.1. The van der Waals surface area contributed by atoms with Gasteiger partial charge in [-0.05, 0) is 30.2 Å². The molecule has 4 aromatic rings. The third-order valence-electron chi connectivity index (χ3n) is 6.16. The topological polar surface area (TPSA) is 54.3 Å². The molecule has 0 radical (unpaired) electrons. The molecule has 0 bridgehead atoms. The molecule has 0 saturated carbocycles. The van der Waals surface area contributed by atoms with Crippen molar-refractivity contribution in [1.82, 2.24) is 19.4 Å². The first-order chi connectivity index (χ1) is 15.7. The van der Waals surface area contributed by atoms with Crippen molar-refractivity contribution < 1.29 is 4.79 Å². The lowest BCUT2D eigenvalue weighted by atomic mass is 10.1. The Kier molecular flexibility index (Phi) is 5.35. The van der Waals surface area contributed by atoms with Gasteiger partial charge < -0.3 is 14.4 Å². The molecule has 0 spiro atoms. The summed E-state index contributed by atoms with van der Waals surface area (Å²) in [6, 6.07) is 18.9. The van der Waals surface area contributed by atoms with E-state index in [2.05, 4.69) is 71.1 Å². The van der Waals surface area contributed by atoms with Crippen LogP contribution in [0.1, 0.15) is 18.9 Å². The van der Waals surface area contributed by atoms with Crippen molar-refractivity contribution in [2.45, 2.75) is 20.3 Å². The van der Waals surface area contributed by atoms with Gasteiger partial charge in [0.25, 0.3) is 0 Å². The van der Waals surface area contributed by atoms with Gasteiger partial charge in [-0.15, -0.1) is 0 Å². The van der Waals surface area contributed by atoms with Crippen LogP contribution in [0.3, 0.4) is 0 Å². The monoisotopic (exact) mass is 425 g/mol. The van der Waals surface area contributed by atoms with E-state index in [-0.39, 0.29) is 5.91 Å². The van der Waals surface area contributed by atoms with Crippen molar-refractivity contribution in [2.75, 3.05) is 31.1 Å². The summed E-state index contributed by atoms with van der Waals surface area (Å²) in [6.07, 6.45) is 4.38. The molecule has 0 unspecified atom stereocenters. The van der Waals surface area contributed by atoms with Crippen molar-refractivity contribution in [3.05, 3.63) is 72.7 Å². The Bertz CT molecular complexity index is 1260. The molecule has 2 aromatic heterocycles. The first-order valence-electron chi connectivity index (χ1n) is 11.2. The minimum absolute atomic E-state index is 0.216. The molecule has 0 aliphatic carbocycles. The van der Waals surface area contributed by atoms with Crippen molar-refractivity contribution in [1.29, 1.82) is 0 Å². The van der Waals surface area contributed by atoms with Crippen LogP contribution in [0.2, 0.25) is 0 Å². The second kappa shape index (κ2) is 8.46. The molecule has 162 valence electrons. The van der Waals surface area contributed by atoms with Gasteiger partial charge in [0.15, 0.2) is 5.65 Å². The van der Waals surface area contributed by atoms with Gasteiger partial charge in [-0.25, -0.2) is 9.97 Å². The minimum Gasteiger partial charge on any atom is -0.352 e. The summed E-state index contributed by atoms with van der Waals surface area (Å²) in [7, 11) is 0. The number of carbonyl (C=O) groups is 1. The predicted molar refractivity (Wildman–Crippen MR) is 128 cm³/mol.